The average Bonchev–Trinajstić information content (AvgIpc) is 2.68. The van der Waals surface area contributed by atoms with Crippen molar-refractivity contribution in [1.82, 2.24) is 10.6 Å². The van der Waals surface area contributed by atoms with Crippen LogP contribution in [0.3, 0.4) is 0 Å². The summed E-state index contributed by atoms with van der Waals surface area (Å²) >= 11 is 0. The molecule has 2 atom stereocenters. The van der Waals surface area contributed by atoms with Crippen molar-refractivity contribution in [2.24, 2.45) is 5.41 Å². The maximum absolute atomic E-state index is 11.6. The second-order valence-electron chi connectivity index (χ2n) is 4.88. The highest BCUT2D eigenvalue weighted by Crippen LogP contribution is 2.38. The van der Waals surface area contributed by atoms with Gasteiger partial charge < -0.3 is 15.7 Å². The third kappa shape index (κ3) is 3.39. The Kier molecular flexibility index (Phi) is 5.02. The molecule has 0 spiro atoms. The van der Waals surface area contributed by atoms with Crippen LogP contribution in [0.5, 0.6) is 0 Å². The van der Waals surface area contributed by atoms with Crippen molar-refractivity contribution in [3.63, 3.8) is 0 Å². The van der Waals surface area contributed by atoms with Crippen LogP contribution in [-0.2, 0) is 4.79 Å². The number of nitrogens with one attached hydrogen (secondary N) is 2. The van der Waals surface area contributed by atoms with Gasteiger partial charge in [-0.1, -0.05) is 6.42 Å². The van der Waals surface area contributed by atoms with E-state index in [4.69, 9.17) is 6.42 Å². The normalized spacial score (nSPS) is 26.3. The summed E-state index contributed by atoms with van der Waals surface area (Å²) in [6, 6.07) is -0.617. The zero-order chi connectivity index (χ0) is 13.6. The zero-order valence-corrected chi connectivity index (χ0v) is 10.7. The molecule has 1 aliphatic rings. The second kappa shape index (κ2) is 6.29. The number of urea groups is 1. The molecule has 0 saturated heterocycles. The number of carbonyl (C=O) groups excluding carboxylic acids is 1. The Morgan fingerprint density at radius 3 is 2.89 bits per heavy atom. The van der Waals surface area contributed by atoms with Crippen LogP contribution >= 0.6 is 0 Å². The van der Waals surface area contributed by atoms with Crippen molar-refractivity contribution in [3.8, 4) is 12.3 Å². The number of carboxylic acid groups (broad SMARTS) is 1. The van der Waals surface area contributed by atoms with Gasteiger partial charge in [0.25, 0.3) is 0 Å². The number of unbranched alkanes of at least 4 members (excludes halogenated alkanes) is 1. The Morgan fingerprint density at radius 2 is 2.28 bits per heavy atom. The van der Waals surface area contributed by atoms with E-state index < -0.39 is 11.4 Å². The van der Waals surface area contributed by atoms with Crippen molar-refractivity contribution in [1.29, 1.82) is 0 Å². The molecular formula is C13H20N2O3. The zero-order valence-electron chi connectivity index (χ0n) is 10.7. The van der Waals surface area contributed by atoms with E-state index in [1.54, 1.807) is 6.92 Å². The molecule has 1 saturated carbocycles. The highest BCUT2D eigenvalue weighted by atomic mass is 16.4. The van der Waals surface area contributed by atoms with E-state index in [-0.39, 0.29) is 12.1 Å². The molecule has 0 radical (unpaired) electrons. The smallest absolute Gasteiger partial charge is 0.315 e. The molecule has 1 rings (SSSR count). The maximum Gasteiger partial charge on any atom is 0.315 e. The fourth-order valence-electron chi connectivity index (χ4n) is 2.26. The van der Waals surface area contributed by atoms with E-state index in [1.165, 1.54) is 0 Å². The van der Waals surface area contributed by atoms with Crippen LogP contribution in [0.15, 0.2) is 0 Å². The molecular weight excluding hydrogens is 232 g/mol. The molecule has 2 unspecified atom stereocenters. The molecule has 2 amide bonds. The molecule has 5 nitrogen and oxygen atoms in total. The van der Waals surface area contributed by atoms with E-state index in [1.807, 2.05) is 0 Å². The van der Waals surface area contributed by atoms with Crippen LogP contribution in [0.2, 0.25) is 0 Å². The number of aliphatic carboxylic acids is 1. The number of carboxylic acids is 1. The van der Waals surface area contributed by atoms with Crippen LogP contribution in [0.1, 0.15) is 39.0 Å². The van der Waals surface area contributed by atoms with Crippen molar-refractivity contribution >= 4 is 12.0 Å². The molecule has 0 aromatic carbocycles. The lowest BCUT2D eigenvalue weighted by Crippen LogP contribution is -2.50. The molecule has 0 heterocycles. The van der Waals surface area contributed by atoms with Gasteiger partial charge in [-0.2, -0.15) is 0 Å². The summed E-state index contributed by atoms with van der Waals surface area (Å²) < 4.78 is 0. The van der Waals surface area contributed by atoms with Crippen molar-refractivity contribution in [2.75, 3.05) is 6.54 Å². The molecule has 1 fully saturated rings. The van der Waals surface area contributed by atoms with Crippen LogP contribution in [0.25, 0.3) is 0 Å². The summed E-state index contributed by atoms with van der Waals surface area (Å²) in [5.41, 5.74) is -0.851. The summed E-state index contributed by atoms with van der Waals surface area (Å²) in [7, 11) is 0. The van der Waals surface area contributed by atoms with E-state index in [0.717, 1.165) is 12.8 Å². The van der Waals surface area contributed by atoms with Gasteiger partial charge in [-0.25, -0.2) is 4.79 Å². The van der Waals surface area contributed by atoms with E-state index in [2.05, 4.69) is 16.6 Å². The monoisotopic (exact) mass is 252 g/mol. The number of hydrogen-bond acceptors (Lipinski definition) is 2. The maximum atomic E-state index is 11.6. The van der Waals surface area contributed by atoms with Crippen molar-refractivity contribution < 1.29 is 14.7 Å². The van der Waals surface area contributed by atoms with Gasteiger partial charge in [0.15, 0.2) is 0 Å². The summed E-state index contributed by atoms with van der Waals surface area (Å²) in [5, 5.41) is 14.6. The van der Waals surface area contributed by atoms with E-state index in [0.29, 0.717) is 25.8 Å². The summed E-state index contributed by atoms with van der Waals surface area (Å²) in [4.78, 5) is 22.8. The first-order valence-electron chi connectivity index (χ1n) is 6.22. The first kappa shape index (κ1) is 14.4. The van der Waals surface area contributed by atoms with Crippen LogP contribution in [0, 0.1) is 17.8 Å². The first-order valence-corrected chi connectivity index (χ1v) is 6.22. The van der Waals surface area contributed by atoms with Gasteiger partial charge in [0.05, 0.1) is 5.41 Å². The molecule has 100 valence electrons. The van der Waals surface area contributed by atoms with E-state index >= 15 is 0 Å². The number of amides is 2. The molecule has 18 heavy (non-hydrogen) atoms. The average molecular weight is 252 g/mol. The number of hydrogen-bond donors (Lipinski definition) is 3. The Labute approximate surface area is 107 Å². The van der Waals surface area contributed by atoms with Gasteiger partial charge >= 0.3 is 12.0 Å². The van der Waals surface area contributed by atoms with Gasteiger partial charge in [-0.3, -0.25) is 4.79 Å². The number of carbonyl (C=O) groups is 2. The third-order valence-electron chi connectivity index (χ3n) is 3.54. The van der Waals surface area contributed by atoms with Gasteiger partial charge in [0, 0.05) is 19.0 Å². The van der Waals surface area contributed by atoms with Crippen LogP contribution in [-0.4, -0.2) is 29.7 Å². The predicted octanol–water partition coefficient (Wildman–Crippen LogP) is 1.34. The fourth-order valence-corrected chi connectivity index (χ4v) is 2.26. The molecule has 5 heteroatoms. The standard InChI is InChI=1S/C13H20N2O3/c1-3-4-5-9-14-12(18)15-10-7-6-8-13(10,2)11(16)17/h1,10H,4-9H2,2H3,(H,16,17)(H2,14,15,18). The summed E-state index contributed by atoms with van der Waals surface area (Å²) in [6.45, 7) is 2.19. The third-order valence-corrected chi connectivity index (χ3v) is 3.54. The molecule has 0 aliphatic heterocycles. The molecule has 0 aromatic rings. The van der Waals surface area contributed by atoms with Gasteiger partial charge in [-0.05, 0) is 26.2 Å². The molecule has 0 bridgehead atoms. The van der Waals surface area contributed by atoms with Crippen molar-refractivity contribution in [3.05, 3.63) is 0 Å². The highest BCUT2D eigenvalue weighted by molar-refractivity contribution is 5.79. The van der Waals surface area contributed by atoms with Gasteiger partial charge in [0.1, 0.15) is 0 Å². The van der Waals surface area contributed by atoms with Gasteiger partial charge in [0.2, 0.25) is 0 Å². The Morgan fingerprint density at radius 1 is 1.56 bits per heavy atom. The number of terminal acetylenes is 1. The quantitative estimate of drug-likeness (QED) is 0.510. The second-order valence-corrected chi connectivity index (χ2v) is 4.88. The summed E-state index contributed by atoms with van der Waals surface area (Å²) in [6.07, 6.45) is 8.59. The minimum absolute atomic E-state index is 0.303. The minimum Gasteiger partial charge on any atom is -0.481 e. The SMILES string of the molecule is C#CCCCNC(=O)NC1CCCC1(C)C(=O)O. The van der Waals surface area contributed by atoms with Crippen LogP contribution < -0.4 is 10.6 Å². The highest BCUT2D eigenvalue weighted by Gasteiger charge is 2.45. The topological polar surface area (TPSA) is 78.4 Å². The molecule has 3 N–H and O–H groups in total. The predicted molar refractivity (Wildman–Crippen MR) is 68.0 cm³/mol. The Hall–Kier alpha value is -1.70. The van der Waals surface area contributed by atoms with E-state index in [9.17, 15) is 14.7 Å². The fraction of sp³-hybridized carbons (Fsp3) is 0.692. The Balaban J connectivity index is 2.40. The Bertz CT molecular complexity index is 362. The van der Waals surface area contributed by atoms with Crippen LogP contribution in [0.4, 0.5) is 4.79 Å². The lowest BCUT2D eigenvalue weighted by Gasteiger charge is -2.27. The van der Waals surface area contributed by atoms with Gasteiger partial charge in [-0.15, -0.1) is 12.3 Å². The number of rotatable bonds is 5. The summed E-state index contributed by atoms with van der Waals surface area (Å²) in [5.74, 6) is 1.64. The van der Waals surface area contributed by atoms with Crippen molar-refractivity contribution in [2.45, 2.75) is 45.1 Å². The largest absolute Gasteiger partial charge is 0.481 e. The molecule has 1 aliphatic carbocycles. The first-order chi connectivity index (χ1) is 8.50. The lowest BCUT2D eigenvalue weighted by atomic mass is 9.85. The lowest BCUT2D eigenvalue weighted by molar-refractivity contribution is -0.148. The molecule has 0 aromatic heterocycles. The minimum atomic E-state index is -0.851.